The van der Waals surface area contributed by atoms with Crippen LogP contribution in [0.3, 0.4) is 0 Å². The van der Waals surface area contributed by atoms with Gasteiger partial charge in [0.1, 0.15) is 0 Å². The molecule has 1 aromatic rings. The van der Waals surface area contributed by atoms with Crippen molar-refractivity contribution in [2.75, 3.05) is 19.7 Å². The number of hydrogen-bond acceptors (Lipinski definition) is 4. The van der Waals surface area contributed by atoms with E-state index in [1.54, 1.807) is 6.07 Å². The van der Waals surface area contributed by atoms with Gasteiger partial charge < -0.3 is 15.7 Å². The maximum Gasteiger partial charge on any atom is 0.261 e. The summed E-state index contributed by atoms with van der Waals surface area (Å²) in [5.74, 6) is -0.0603. The second-order valence-electron chi connectivity index (χ2n) is 5.59. The van der Waals surface area contributed by atoms with Gasteiger partial charge in [0.25, 0.3) is 5.91 Å². The quantitative estimate of drug-likeness (QED) is 0.605. The van der Waals surface area contributed by atoms with Gasteiger partial charge >= 0.3 is 0 Å². The summed E-state index contributed by atoms with van der Waals surface area (Å²) in [6, 6.07) is 3.62. The average Bonchev–Trinajstić information content (AvgIpc) is 3.02. The fourth-order valence-electron chi connectivity index (χ4n) is 2.25. The van der Waals surface area contributed by atoms with Gasteiger partial charge in [-0.3, -0.25) is 9.59 Å². The molecule has 0 saturated heterocycles. The molecule has 2 rings (SSSR count). The molecule has 0 unspecified atom stereocenters. The Morgan fingerprint density at radius 3 is 2.76 bits per heavy atom. The highest BCUT2D eigenvalue weighted by Gasteiger charge is 2.41. The molecule has 0 bridgehead atoms. The van der Waals surface area contributed by atoms with Crippen LogP contribution in [0, 0.1) is 5.41 Å². The van der Waals surface area contributed by atoms with Crippen LogP contribution in [0.4, 0.5) is 0 Å². The van der Waals surface area contributed by atoms with Crippen LogP contribution >= 0.6 is 11.3 Å². The Labute approximate surface area is 128 Å². The van der Waals surface area contributed by atoms with Gasteiger partial charge in [-0.2, -0.15) is 0 Å². The van der Waals surface area contributed by atoms with Gasteiger partial charge in [-0.05, 0) is 42.5 Å². The van der Waals surface area contributed by atoms with Crippen LogP contribution in [0.15, 0.2) is 17.5 Å². The molecule has 6 heteroatoms. The highest BCUT2D eigenvalue weighted by atomic mass is 32.1. The molecule has 3 N–H and O–H groups in total. The third-order valence-electron chi connectivity index (χ3n) is 3.87. The summed E-state index contributed by atoms with van der Waals surface area (Å²) in [5.41, 5.74) is 0.151. The van der Waals surface area contributed by atoms with Crippen molar-refractivity contribution < 1.29 is 14.7 Å². The molecule has 5 nitrogen and oxygen atoms in total. The monoisotopic (exact) mass is 310 g/mol. The normalized spacial score (nSPS) is 15.5. The maximum atomic E-state index is 11.7. The SMILES string of the molecule is O=C(CCCNC(=O)c1cccs1)NCC1(CCO)CC1. The lowest BCUT2D eigenvalue weighted by Gasteiger charge is -2.14. The van der Waals surface area contributed by atoms with Gasteiger partial charge in [-0.1, -0.05) is 6.07 Å². The van der Waals surface area contributed by atoms with Gasteiger partial charge in [0, 0.05) is 26.1 Å². The Balaban J connectivity index is 1.54. The highest BCUT2D eigenvalue weighted by Crippen LogP contribution is 2.47. The number of carbonyl (C=O) groups excluding carboxylic acids is 2. The van der Waals surface area contributed by atoms with E-state index in [0.29, 0.717) is 30.8 Å². The van der Waals surface area contributed by atoms with Crippen molar-refractivity contribution in [2.45, 2.75) is 32.1 Å². The summed E-state index contributed by atoms with van der Waals surface area (Å²) in [4.78, 5) is 24.1. The molecule has 0 aromatic carbocycles. The van der Waals surface area contributed by atoms with Crippen LogP contribution in [0.1, 0.15) is 41.8 Å². The van der Waals surface area contributed by atoms with Gasteiger partial charge in [-0.25, -0.2) is 0 Å². The van der Waals surface area contributed by atoms with Crippen LogP contribution < -0.4 is 10.6 Å². The van der Waals surface area contributed by atoms with E-state index >= 15 is 0 Å². The fourth-order valence-corrected chi connectivity index (χ4v) is 2.89. The van der Waals surface area contributed by atoms with Gasteiger partial charge in [0.2, 0.25) is 5.91 Å². The predicted molar refractivity (Wildman–Crippen MR) is 82.3 cm³/mol. The van der Waals surface area contributed by atoms with Crippen molar-refractivity contribution in [1.29, 1.82) is 0 Å². The van der Waals surface area contributed by atoms with Crippen LogP contribution in [0.25, 0.3) is 0 Å². The van der Waals surface area contributed by atoms with E-state index in [-0.39, 0.29) is 23.8 Å². The Kier molecular flexibility index (Phi) is 5.76. The summed E-state index contributed by atoms with van der Waals surface area (Å²) in [7, 11) is 0. The van der Waals surface area contributed by atoms with Crippen LogP contribution in [-0.2, 0) is 4.79 Å². The zero-order valence-electron chi connectivity index (χ0n) is 12.1. The van der Waals surface area contributed by atoms with Crippen molar-refractivity contribution in [3.63, 3.8) is 0 Å². The smallest absolute Gasteiger partial charge is 0.261 e. The van der Waals surface area contributed by atoms with E-state index in [0.717, 1.165) is 19.3 Å². The molecule has 0 radical (unpaired) electrons. The molecule has 1 aliphatic carbocycles. The van der Waals surface area contributed by atoms with E-state index in [9.17, 15) is 9.59 Å². The molecule has 0 spiro atoms. The summed E-state index contributed by atoms with van der Waals surface area (Å²) >= 11 is 1.41. The molecular formula is C15H22N2O3S. The van der Waals surface area contributed by atoms with Crippen molar-refractivity contribution in [3.8, 4) is 0 Å². The minimum absolute atomic E-state index is 0.0181. The fraction of sp³-hybridized carbons (Fsp3) is 0.600. The first-order chi connectivity index (χ1) is 10.2. The lowest BCUT2D eigenvalue weighted by atomic mass is 10.0. The molecule has 1 aliphatic rings. The van der Waals surface area contributed by atoms with Crippen molar-refractivity contribution in [3.05, 3.63) is 22.4 Å². The second-order valence-corrected chi connectivity index (χ2v) is 6.53. The van der Waals surface area contributed by atoms with E-state index in [1.807, 2.05) is 11.4 Å². The van der Waals surface area contributed by atoms with Crippen LogP contribution in [0.2, 0.25) is 0 Å². The molecule has 116 valence electrons. The minimum atomic E-state index is -0.0784. The van der Waals surface area contributed by atoms with E-state index in [4.69, 9.17) is 5.11 Å². The summed E-state index contributed by atoms with van der Waals surface area (Å²) < 4.78 is 0. The summed E-state index contributed by atoms with van der Waals surface area (Å²) in [5, 5.41) is 16.6. The number of amides is 2. The van der Waals surface area contributed by atoms with Crippen molar-refractivity contribution >= 4 is 23.2 Å². The summed E-state index contributed by atoms with van der Waals surface area (Å²) in [6.07, 6.45) is 4.00. The number of aliphatic hydroxyl groups is 1. The molecule has 1 fully saturated rings. The minimum Gasteiger partial charge on any atom is -0.396 e. The Hall–Kier alpha value is -1.40. The number of rotatable bonds is 9. The Morgan fingerprint density at radius 1 is 1.33 bits per heavy atom. The lowest BCUT2D eigenvalue weighted by molar-refractivity contribution is -0.121. The maximum absolute atomic E-state index is 11.7. The zero-order chi connectivity index (χ0) is 15.1. The number of carbonyl (C=O) groups is 2. The molecule has 2 amide bonds. The molecule has 1 heterocycles. The van der Waals surface area contributed by atoms with Crippen molar-refractivity contribution in [1.82, 2.24) is 10.6 Å². The van der Waals surface area contributed by atoms with Gasteiger partial charge in [0.15, 0.2) is 0 Å². The number of aliphatic hydroxyl groups excluding tert-OH is 1. The molecule has 21 heavy (non-hydrogen) atoms. The Morgan fingerprint density at radius 2 is 2.14 bits per heavy atom. The van der Waals surface area contributed by atoms with E-state index in [2.05, 4.69) is 10.6 Å². The summed E-state index contributed by atoms with van der Waals surface area (Å²) in [6.45, 7) is 1.35. The van der Waals surface area contributed by atoms with Crippen LogP contribution in [-0.4, -0.2) is 36.6 Å². The Bertz CT molecular complexity index is 469. The molecule has 0 aliphatic heterocycles. The largest absolute Gasteiger partial charge is 0.396 e. The average molecular weight is 310 g/mol. The second kappa shape index (κ2) is 7.56. The van der Waals surface area contributed by atoms with E-state index < -0.39 is 0 Å². The van der Waals surface area contributed by atoms with Crippen LogP contribution in [0.5, 0.6) is 0 Å². The lowest BCUT2D eigenvalue weighted by Crippen LogP contribution is -2.31. The number of nitrogens with one attached hydrogen (secondary N) is 2. The van der Waals surface area contributed by atoms with Gasteiger partial charge in [-0.15, -0.1) is 11.3 Å². The van der Waals surface area contributed by atoms with E-state index in [1.165, 1.54) is 11.3 Å². The topological polar surface area (TPSA) is 78.4 Å². The number of hydrogen-bond donors (Lipinski definition) is 3. The molecule has 1 aromatic heterocycles. The van der Waals surface area contributed by atoms with Gasteiger partial charge in [0.05, 0.1) is 4.88 Å². The third-order valence-corrected chi connectivity index (χ3v) is 4.74. The highest BCUT2D eigenvalue weighted by molar-refractivity contribution is 7.12. The predicted octanol–water partition coefficient (Wildman–Crippen LogP) is 1.54. The standard InChI is InChI=1S/C15H22N2O3S/c18-9-7-15(5-6-15)11-17-13(19)4-1-8-16-14(20)12-3-2-10-21-12/h2-3,10,18H,1,4-9,11H2,(H,16,20)(H,17,19). The first-order valence-corrected chi connectivity index (χ1v) is 8.22. The molecule has 1 saturated carbocycles. The first kappa shape index (κ1) is 16.0. The zero-order valence-corrected chi connectivity index (χ0v) is 12.9. The first-order valence-electron chi connectivity index (χ1n) is 7.34. The molecule has 0 atom stereocenters. The number of thiophene rings is 1. The third kappa shape index (κ3) is 5.13. The van der Waals surface area contributed by atoms with Crippen molar-refractivity contribution in [2.24, 2.45) is 5.41 Å². The molecular weight excluding hydrogens is 288 g/mol.